The van der Waals surface area contributed by atoms with Gasteiger partial charge < -0.3 is 20.8 Å². The van der Waals surface area contributed by atoms with Crippen molar-refractivity contribution < 1.29 is 9.53 Å². The molecular formula is C20H25ClN6O2. The topological polar surface area (TPSA) is 111 Å². The fourth-order valence-electron chi connectivity index (χ4n) is 3.15. The molecule has 154 valence electrons. The number of benzene rings is 1. The molecule has 0 spiro atoms. The number of pyridine rings is 1. The molecule has 0 fully saturated rings. The number of nitrogens with zero attached hydrogens (tertiary/aromatic N) is 3. The lowest BCUT2D eigenvalue weighted by atomic mass is 10.1. The van der Waals surface area contributed by atoms with E-state index in [0.717, 1.165) is 16.9 Å². The highest BCUT2D eigenvalue weighted by molar-refractivity contribution is 6.30. The minimum Gasteiger partial charge on any atom is -0.495 e. The number of anilines is 1. The monoisotopic (exact) mass is 416 g/mol. The van der Waals surface area contributed by atoms with Crippen molar-refractivity contribution in [3.8, 4) is 5.75 Å². The molecule has 0 aliphatic rings. The molecule has 3 rings (SSSR count). The number of ether oxygens (including phenoxy) is 1. The van der Waals surface area contributed by atoms with Gasteiger partial charge in [0.25, 0.3) is 5.91 Å². The van der Waals surface area contributed by atoms with Gasteiger partial charge in [0.2, 0.25) is 0 Å². The van der Waals surface area contributed by atoms with Crippen LogP contribution in [-0.4, -0.2) is 35.5 Å². The quantitative estimate of drug-likeness (QED) is 0.383. The van der Waals surface area contributed by atoms with Crippen molar-refractivity contribution in [2.24, 2.45) is 11.6 Å². The Hall–Kier alpha value is -2.81. The molecule has 0 saturated heterocycles. The van der Waals surface area contributed by atoms with Gasteiger partial charge in [-0.3, -0.25) is 9.20 Å². The Balaban J connectivity index is 1.81. The molecule has 0 saturated carbocycles. The van der Waals surface area contributed by atoms with E-state index in [9.17, 15) is 4.79 Å². The van der Waals surface area contributed by atoms with Gasteiger partial charge in [-0.15, -0.1) is 0 Å². The van der Waals surface area contributed by atoms with Gasteiger partial charge in [0.1, 0.15) is 17.1 Å². The third-order valence-corrected chi connectivity index (χ3v) is 4.80. The van der Waals surface area contributed by atoms with Gasteiger partial charge in [0.05, 0.1) is 23.5 Å². The van der Waals surface area contributed by atoms with Gasteiger partial charge in [-0.05, 0) is 36.2 Å². The smallest absolute Gasteiger partial charge is 0.270 e. The number of imidazole rings is 1. The zero-order valence-electron chi connectivity index (χ0n) is 16.5. The highest BCUT2D eigenvalue weighted by Gasteiger charge is 2.18. The van der Waals surface area contributed by atoms with E-state index < -0.39 is 0 Å². The number of hydrogen-bond donors (Lipinski definition) is 3. The van der Waals surface area contributed by atoms with Gasteiger partial charge >= 0.3 is 0 Å². The summed E-state index contributed by atoms with van der Waals surface area (Å²) in [6.07, 6.45) is 2.33. The molecule has 5 N–H and O–H groups in total. The van der Waals surface area contributed by atoms with Crippen molar-refractivity contribution in [3.05, 3.63) is 58.5 Å². The van der Waals surface area contributed by atoms with Gasteiger partial charge in [-0.25, -0.2) is 10.8 Å². The molecule has 9 heteroatoms. The van der Waals surface area contributed by atoms with Crippen molar-refractivity contribution in [1.29, 1.82) is 0 Å². The summed E-state index contributed by atoms with van der Waals surface area (Å²) in [5.74, 6) is 6.39. The SMILES string of the molecule is CCc1nc2ccc(Cl)cn2c1C(=O)NCc1ccc(N(N)CCN)c(OC)c1. The Morgan fingerprint density at radius 2 is 2.14 bits per heavy atom. The minimum absolute atomic E-state index is 0.219. The molecule has 1 amide bonds. The first-order valence-electron chi connectivity index (χ1n) is 9.32. The normalized spacial score (nSPS) is 10.9. The molecular weight excluding hydrogens is 392 g/mol. The third-order valence-electron chi connectivity index (χ3n) is 4.58. The predicted octanol–water partition coefficient (Wildman–Crippen LogP) is 2.13. The van der Waals surface area contributed by atoms with Crippen LogP contribution < -0.4 is 26.6 Å². The molecule has 0 bridgehead atoms. The Morgan fingerprint density at radius 3 is 2.83 bits per heavy atom. The maximum atomic E-state index is 12.9. The molecule has 0 radical (unpaired) electrons. The van der Waals surface area contributed by atoms with Crippen LogP contribution in [0, 0.1) is 0 Å². The highest BCUT2D eigenvalue weighted by Crippen LogP contribution is 2.27. The number of hydrogen-bond acceptors (Lipinski definition) is 6. The van der Waals surface area contributed by atoms with Crippen molar-refractivity contribution >= 4 is 28.8 Å². The number of carbonyl (C=O) groups excluding carboxylic acids is 1. The van der Waals surface area contributed by atoms with Crippen LogP contribution in [0.3, 0.4) is 0 Å². The number of carbonyl (C=O) groups is 1. The van der Waals surface area contributed by atoms with Gasteiger partial charge in [0.15, 0.2) is 0 Å². The molecule has 8 nitrogen and oxygen atoms in total. The number of methoxy groups -OCH3 is 1. The van der Waals surface area contributed by atoms with Crippen molar-refractivity contribution in [1.82, 2.24) is 14.7 Å². The summed E-state index contributed by atoms with van der Waals surface area (Å²) in [7, 11) is 1.58. The average molecular weight is 417 g/mol. The predicted molar refractivity (Wildman–Crippen MR) is 114 cm³/mol. The van der Waals surface area contributed by atoms with Gasteiger partial charge in [-0.2, -0.15) is 0 Å². The summed E-state index contributed by atoms with van der Waals surface area (Å²) in [6, 6.07) is 9.13. The summed E-state index contributed by atoms with van der Waals surface area (Å²) < 4.78 is 7.16. The molecule has 2 aromatic heterocycles. The molecule has 0 unspecified atom stereocenters. The van der Waals surface area contributed by atoms with Crippen molar-refractivity contribution in [3.63, 3.8) is 0 Å². The second-order valence-corrected chi connectivity index (χ2v) is 6.94. The summed E-state index contributed by atoms with van der Waals surface area (Å²) in [6.45, 7) is 3.22. The minimum atomic E-state index is -0.219. The Bertz CT molecular complexity index is 1020. The molecule has 2 heterocycles. The standard InChI is InChI=1S/C20H25ClN6O2/c1-3-15-19(26-12-14(21)5-7-18(26)25-15)20(28)24-11-13-4-6-16(17(10-13)29-2)27(23)9-8-22/h4-7,10,12H,3,8-9,11,22-23H2,1-2H3,(H,24,28). The van der Waals surface area contributed by atoms with E-state index >= 15 is 0 Å². The summed E-state index contributed by atoms with van der Waals surface area (Å²) in [5, 5.41) is 5.03. The third kappa shape index (κ3) is 4.45. The molecule has 29 heavy (non-hydrogen) atoms. The van der Waals surface area contributed by atoms with E-state index in [0.29, 0.717) is 48.2 Å². The lowest BCUT2D eigenvalue weighted by Gasteiger charge is -2.21. The Morgan fingerprint density at radius 1 is 1.34 bits per heavy atom. The number of aromatic nitrogens is 2. The highest BCUT2D eigenvalue weighted by atomic mass is 35.5. The number of fused-ring (bicyclic) bond motifs is 1. The first kappa shape index (κ1) is 20.9. The van der Waals surface area contributed by atoms with E-state index in [2.05, 4.69) is 10.3 Å². The first-order valence-corrected chi connectivity index (χ1v) is 9.70. The molecule has 0 atom stereocenters. The number of rotatable bonds is 8. The molecule has 3 aromatic rings. The number of nitrogens with one attached hydrogen (secondary N) is 1. The first-order chi connectivity index (χ1) is 14.0. The van der Waals surface area contributed by atoms with Crippen LogP contribution in [-0.2, 0) is 13.0 Å². The number of amides is 1. The average Bonchev–Trinajstić information content (AvgIpc) is 3.09. The zero-order valence-corrected chi connectivity index (χ0v) is 17.2. The van der Waals surface area contributed by atoms with E-state index in [-0.39, 0.29) is 5.91 Å². The lowest BCUT2D eigenvalue weighted by molar-refractivity contribution is 0.0944. The van der Waals surface area contributed by atoms with Crippen LogP contribution in [0.2, 0.25) is 5.02 Å². The van der Waals surface area contributed by atoms with Crippen LogP contribution in [0.15, 0.2) is 36.5 Å². The number of nitrogens with two attached hydrogens (primary N) is 2. The van der Waals surface area contributed by atoms with Gasteiger partial charge in [0, 0.05) is 25.8 Å². The maximum absolute atomic E-state index is 12.9. The van der Waals surface area contributed by atoms with E-state index in [1.807, 2.05) is 25.1 Å². The van der Waals surface area contributed by atoms with Crippen molar-refractivity contribution in [2.45, 2.75) is 19.9 Å². The van der Waals surface area contributed by atoms with Crippen LogP contribution in [0.1, 0.15) is 28.7 Å². The second-order valence-electron chi connectivity index (χ2n) is 6.51. The van der Waals surface area contributed by atoms with Crippen LogP contribution in [0.25, 0.3) is 5.65 Å². The van der Waals surface area contributed by atoms with Crippen LogP contribution in [0.5, 0.6) is 5.75 Å². The molecule has 0 aliphatic heterocycles. The number of hydrazine groups is 1. The fraction of sp³-hybridized carbons (Fsp3) is 0.300. The second kappa shape index (κ2) is 9.13. The Labute approximate surface area is 174 Å². The fourth-order valence-corrected chi connectivity index (χ4v) is 3.31. The largest absolute Gasteiger partial charge is 0.495 e. The van der Waals surface area contributed by atoms with E-state index in [1.54, 1.807) is 29.8 Å². The Kier molecular flexibility index (Phi) is 6.58. The zero-order chi connectivity index (χ0) is 21.0. The van der Waals surface area contributed by atoms with Crippen molar-refractivity contribution in [2.75, 3.05) is 25.2 Å². The van der Waals surface area contributed by atoms with Crippen LogP contribution in [0.4, 0.5) is 5.69 Å². The molecule has 0 aliphatic carbocycles. The van der Waals surface area contributed by atoms with Crippen LogP contribution >= 0.6 is 11.6 Å². The summed E-state index contributed by atoms with van der Waals surface area (Å²) >= 11 is 6.10. The maximum Gasteiger partial charge on any atom is 0.270 e. The number of aryl methyl sites for hydroxylation is 1. The molecule has 1 aromatic carbocycles. The summed E-state index contributed by atoms with van der Waals surface area (Å²) in [5.41, 5.74) is 9.07. The van der Waals surface area contributed by atoms with E-state index in [4.69, 9.17) is 27.9 Å². The lowest BCUT2D eigenvalue weighted by Crippen LogP contribution is -2.35. The van der Waals surface area contributed by atoms with E-state index in [1.165, 1.54) is 5.01 Å². The summed E-state index contributed by atoms with van der Waals surface area (Å²) in [4.78, 5) is 17.4. The van der Waals surface area contributed by atoms with Gasteiger partial charge in [-0.1, -0.05) is 24.6 Å². The number of halogens is 1.